The maximum atomic E-state index is 14.0. The van der Waals surface area contributed by atoms with Gasteiger partial charge in [0.15, 0.2) is 0 Å². The fraction of sp³-hybridized carbons (Fsp3) is 0.600. The van der Waals surface area contributed by atoms with Gasteiger partial charge < -0.3 is 10.2 Å². The molecule has 0 spiro atoms. The third kappa shape index (κ3) is 3.45. The largest absolute Gasteiger partial charge is 0.369 e. The monoisotopic (exact) mass is 250 g/mol. The lowest BCUT2D eigenvalue weighted by Gasteiger charge is -2.19. The van der Waals surface area contributed by atoms with E-state index >= 15 is 0 Å². The predicted molar refractivity (Wildman–Crippen MR) is 74.4 cm³/mol. The van der Waals surface area contributed by atoms with E-state index in [1.165, 1.54) is 12.8 Å². The minimum absolute atomic E-state index is 0.103. The number of hydrogen-bond acceptors (Lipinski definition) is 2. The van der Waals surface area contributed by atoms with Gasteiger partial charge in [0, 0.05) is 19.6 Å². The Labute approximate surface area is 109 Å². The highest BCUT2D eigenvalue weighted by Crippen LogP contribution is 2.31. The lowest BCUT2D eigenvalue weighted by Crippen LogP contribution is -2.21. The Balaban J connectivity index is 1.96. The van der Waals surface area contributed by atoms with Gasteiger partial charge in [-0.1, -0.05) is 19.9 Å². The quantitative estimate of drug-likeness (QED) is 0.834. The second kappa shape index (κ2) is 5.70. The third-order valence-corrected chi connectivity index (χ3v) is 3.37. The van der Waals surface area contributed by atoms with Gasteiger partial charge in [0.05, 0.1) is 5.69 Å². The summed E-state index contributed by atoms with van der Waals surface area (Å²) in [6.07, 6.45) is 2.38. The molecular weight excluding hydrogens is 227 g/mol. The maximum Gasteiger partial charge on any atom is 0.146 e. The molecule has 0 atom stereocenters. The molecule has 1 saturated carbocycles. The molecule has 2 rings (SSSR count). The molecule has 0 radical (unpaired) electrons. The van der Waals surface area contributed by atoms with E-state index in [2.05, 4.69) is 24.1 Å². The molecule has 0 aromatic heterocycles. The van der Waals surface area contributed by atoms with Crippen LogP contribution in [0.3, 0.4) is 0 Å². The fourth-order valence-corrected chi connectivity index (χ4v) is 2.11. The second-order valence-corrected chi connectivity index (χ2v) is 5.65. The van der Waals surface area contributed by atoms with Crippen LogP contribution in [0.15, 0.2) is 18.2 Å². The minimum Gasteiger partial charge on any atom is -0.369 e. The Bertz CT molecular complexity index is 399. The molecule has 0 bridgehead atoms. The lowest BCUT2D eigenvalue weighted by atomic mass is 10.1. The summed E-state index contributed by atoms with van der Waals surface area (Å²) in [5.41, 5.74) is 1.74. The molecule has 0 unspecified atom stereocenters. The van der Waals surface area contributed by atoms with Gasteiger partial charge in [-0.25, -0.2) is 4.39 Å². The summed E-state index contributed by atoms with van der Waals surface area (Å²) < 4.78 is 14.0. The number of hydrogen-bond donors (Lipinski definition) is 1. The van der Waals surface area contributed by atoms with Gasteiger partial charge >= 0.3 is 0 Å². The highest BCUT2D eigenvalue weighted by molar-refractivity contribution is 5.50. The van der Waals surface area contributed by atoms with Crippen molar-refractivity contribution in [1.29, 1.82) is 0 Å². The van der Waals surface area contributed by atoms with E-state index in [1.807, 2.05) is 19.2 Å². The first-order chi connectivity index (χ1) is 8.58. The first kappa shape index (κ1) is 13.3. The van der Waals surface area contributed by atoms with Gasteiger partial charge in [-0.2, -0.15) is 0 Å². The van der Waals surface area contributed by atoms with E-state index in [9.17, 15) is 4.39 Å². The van der Waals surface area contributed by atoms with Crippen molar-refractivity contribution in [3.8, 4) is 0 Å². The van der Waals surface area contributed by atoms with Crippen molar-refractivity contribution < 1.29 is 4.39 Å². The average Bonchev–Trinajstić information content (AvgIpc) is 3.11. The summed E-state index contributed by atoms with van der Waals surface area (Å²) in [5.74, 6) is 0.517. The number of benzene rings is 1. The summed E-state index contributed by atoms with van der Waals surface area (Å²) in [5, 5.41) is 3.33. The Morgan fingerprint density at radius 3 is 2.67 bits per heavy atom. The van der Waals surface area contributed by atoms with Gasteiger partial charge in [0.2, 0.25) is 0 Å². The van der Waals surface area contributed by atoms with Gasteiger partial charge in [-0.05, 0) is 43.0 Å². The van der Waals surface area contributed by atoms with E-state index < -0.39 is 0 Å². The van der Waals surface area contributed by atoms with E-state index in [0.29, 0.717) is 12.0 Å². The molecule has 0 saturated heterocycles. The van der Waals surface area contributed by atoms with Crippen LogP contribution < -0.4 is 10.2 Å². The SMILES string of the molecule is CC(C)CNCc1ccc(N(C)C2CC2)c(F)c1. The van der Waals surface area contributed by atoms with Crippen LogP contribution in [-0.2, 0) is 6.54 Å². The first-order valence-electron chi connectivity index (χ1n) is 6.80. The number of rotatable bonds is 6. The number of nitrogens with one attached hydrogen (secondary N) is 1. The van der Waals surface area contributed by atoms with Gasteiger partial charge in [-0.3, -0.25) is 0 Å². The molecule has 1 N–H and O–H groups in total. The summed E-state index contributed by atoms with van der Waals surface area (Å²) in [6, 6.07) is 6.12. The standard InChI is InChI=1S/C15H23FN2/c1-11(2)9-17-10-12-4-7-15(14(16)8-12)18(3)13-5-6-13/h4,7-8,11,13,17H,5-6,9-10H2,1-3H3. The van der Waals surface area contributed by atoms with E-state index in [4.69, 9.17) is 0 Å². The summed E-state index contributed by atoms with van der Waals surface area (Å²) in [4.78, 5) is 2.06. The molecule has 1 aromatic rings. The van der Waals surface area contributed by atoms with Crippen molar-refractivity contribution in [2.24, 2.45) is 5.92 Å². The van der Waals surface area contributed by atoms with Crippen LogP contribution in [0, 0.1) is 11.7 Å². The van der Waals surface area contributed by atoms with Crippen molar-refractivity contribution in [3.05, 3.63) is 29.6 Å². The summed E-state index contributed by atoms with van der Waals surface area (Å²) in [7, 11) is 1.98. The molecule has 2 nitrogen and oxygen atoms in total. The Hall–Kier alpha value is -1.09. The van der Waals surface area contributed by atoms with Gasteiger partial charge in [0.25, 0.3) is 0 Å². The Kier molecular flexibility index (Phi) is 4.23. The van der Waals surface area contributed by atoms with Crippen molar-refractivity contribution >= 4 is 5.69 Å². The van der Waals surface area contributed by atoms with Gasteiger partial charge in [-0.15, -0.1) is 0 Å². The van der Waals surface area contributed by atoms with Crippen LogP contribution in [-0.4, -0.2) is 19.6 Å². The summed E-state index contributed by atoms with van der Waals surface area (Å²) in [6.45, 7) is 6.04. The minimum atomic E-state index is -0.103. The predicted octanol–water partition coefficient (Wildman–Crippen LogP) is 3.17. The topological polar surface area (TPSA) is 15.3 Å². The highest BCUT2D eigenvalue weighted by atomic mass is 19.1. The molecule has 0 amide bonds. The molecule has 0 aliphatic heterocycles. The number of halogens is 1. The first-order valence-corrected chi connectivity index (χ1v) is 6.80. The Morgan fingerprint density at radius 1 is 1.39 bits per heavy atom. The molecule has 1 aliphatic rings. The Morgan fingerprint density at radius 2 is 2.11 bits per heavy atom. The molecule has 1 fully saturated rings. The molecule has 1 aromatic carbocycles. The number of anilines is 1. The zero-order valence-electron chi connectivity index (χ0n) is 11.5. The van der Waals surface area contributed by atoms with Crippen LogP contribution in [0.5, 0.6) is 0 Å². The van der Waals surface area contributed by atoms with E-state index in [0.717, 1.165) is 24.3 Å². The zero-order chi connectivity index (χ0) is 13.1. The normalized spacial score (nSPS) is 15.2. The molecule has 0 heterocycles. The van der Waals surface area contributed by atoms with Crippen LogP contribution >= 0.6 is 0 Å². The van der Waals surface area contributed by atoms with Crippen LogP contribution in [0.25, 0.3) is 0 Å². The molecule has 3 heteroatoms. The lowest BCUT2D eigenvalue weighted by molar-refractivity contribution is 0.550. The fourth-order valence-electron chi connectivity index (χ4n) is 2.11. The van der Waals surface area contributed by atoms with Crippen molar-refractivity contribution in [2.45, 2.75) is 39.3 Å². The average molecular weight is 250 g/mol. The van der Waals surface area contributed by atoms with Crippen molar-refractivity contribution in [2.75, 3.05) is 18.5 Å². The van der Waals surface area contributed by atoms with Crippen LogP contribution in [0.2, 0.25) is 0 Å². The van der Waals surface area contributed by atoms with E-state index in [1.54, 1.807) is 6.07 Å². The zero-order valence-corrected chi connectivity index (χ0v) is 11.5. The maximum absolute atomic E-state index is 14.0. The van der Waals surface area contributed by atoms with Crippen molar-refractivity contribution in [1.82, 2.24) is 5.32 Å². The van der Waals surface area contributed by atoms with Crippen molar-refractivity contribution in [3.63, 3.8) is 0 Å². The molecule has 1 aliphatic carbocycles. The van der Waals surface area contributed by atoms with Crippen LogP contribution in [0.1, 0.15) is 32.3 Å². The van der Waals surface area contributed by atoms with Crippen LogP contribution in [0.4, 0.5) is 10.1 Å². The molecular formula is C15H23FN2. The highest BCUT2D eigenvalue weighted by Gasteiger charge is 2.27. The third-order valence-electron chi connectivity index (χ3n) is 3.37. The summed E-state index contributed by atoms with van der Waals surface area (Å²) >= 11 is 0. The van der Waals surface area contributed by atoms with E-state index in [-0.39, 0.29) is 5.82 Å². The molecule has 100 valence electrons. The molecule has 18 heavy (non-hydrogen) atoms. The smallest absolute Gasteiger partial charge is 0.146 e. The number of nitrogens with zero attached hydrogens (tertiary/aromatic N) is 1. The van der Waals surface area contributed by atoms with Gasteiger partial charge in [0.1, 0.15) is 5.82 Å². The second-order valence-electron chi connectivity index (χ2n) is 5.65.